The van der Waals surface area contributed by atoms with Gasteiger partial charge in [0, 0.05) is 6.54 Å². The smallest absolute Gasteiger partial charge is 0.360 e. The fourth-order valence-electron chi connectivity index (χ4n) is 1.94. The van der Waals surface area contributed by atoms with E-state index in [1.165, 1.54) is 4.68 Å². The van der Waals surface area contributed by atoms with E-state index >= 15 is 0 Å². The number of anilines is 1. The normalized spacial score (nSPS) is 10.6. The van der Waals surface area contributed by atoms with Gasteiger partial charge in [0.05, 0.1) is 18.0 Å². The van der Waals surface area contributed by atoms with Gasteiger partial charge in [-0.3, -0.25) is 4.68 Å². The van der Waals surface area contributed by atoms with E-state index in [9.17, 15) is 4.79 Å². The van der Waals surface area contributed by atoms with Gasteiger partial charge in [0.15, 0.2) is 12.5 Å². The number of esters is 1. The number of ether oxygens (including phenoxy) is 2. The number of aromatic nitrogens is 2. The first kappa shape index (κ1) is 15.1. The van der Waals surface area contributed by atoms with Crippen molar-refractivity contribution in [1.82, 2.24) is 9.78 Å². The third-order valence-electron chi connectivity index (χ3n) is 3.05. The van der Waals surface area contributed by atoms with Crippen LogP contribution in [0, 0.1) is 6.92 Å². The summed E-state index contributed by atoms with van der Waals surface area (Å²) in [4.78, 5) is 12.0. The second-order valence-electron chi connectivity index (χ2n) is 4.55. The predicted octanol–water partition coefficient (Wildman–Crippen LogP) is 2.12. The predicted molar refractivity (Wildman–Crippen MR) is 78.6 cm³/mol. The number of hydrogen-bond donors (Lipinski definition) is 1. The van der Waals surface area contributed by atoms with Crippen LogP contribution in [0.3, 0.4) is 0 Å². The Bertz CT molecular complexity index is 608. The molecule has 6 nitrogen and oxygen atoms in total. The Morgan fingerprint density at radius 1 is 1.33 bits per heavy atom. The number of nitrogen functional groups attached to an aromatic ring is 1. The van der Waals surface area contributed by atoms with Crippen LogP contribution in [0.1, 0.15) is 28.7 Å². The number of aryl methyl sites for hydroxylation is 2. The highest BCUT2D eigenvalue weighted by Crippen LogP contribution is 2.17. The minimum atomic E-state index is -0.525. The Hall–Kier alpha value is -2.34. The lowest BCUT2D eigenvalue weighted by molar-refractivity contribution is -0.0387. The first-order valence-electron chi connectivity index (χ1n) is 6.75. The van der Waals surface area contributed by atoms with Crippen molar-refractivity contribution in [3.8, 4) is 0 Å². The molecule has 21 heavy (non-hydrogen) atoms. The first-order chi connectivity index (χ1) is 10.1. The molecule has 0 spiro atoms. The maximum atomic E-state index is 12.0. The SMILES string of the molecule is CCn1nc(C)c(N)c1C(=O)OCOCc1ccccc1. The summed E-state index contributed by atoms with van der Waals surface area (Å²) in [5.41, 5.74) is 8.11. The van der Waals surface area contributed by atoms with E-state index < -0.39 is 5.97 Å². The van der Waals surface area contributed by atoms with E-state index in [1.54, 1.807) is 6.92 Å². The van der Waals surface area contributed by atoms with Crippen molar-refractivity contribution in [1.29, 1.82) is 0 Å². The van der Waals surface area contributed by atoms with Crippen molar-refractivity contribution in [2.75, 3.05) is 12.5 Å². The van der Waals surface area contributed by atoms with E-state index in [0.717, 1.165) is 5.56 Å². The van der Waals surface area contributed by atoms with Crippen LogP contribution < -0.4 is 5.73 Å². The number of carbonyl (C=O) groups is 1. The van der Waals surface area contributed by atoms with Gasteiger partial charge < -0.3 is 15.2 Å². The number of nitrogens with two attached hydrogens (primary N) is 1. The first-order valence-corrected chi connectivity index (χ1v) is 6.75. The highest BCUT2D eigenvalue weighted by Gasteiger charge is 2.20. The number of nitrogens with zero attached hydrogens (tertiary/aromatic N) is 2. The van der Waals surface area contributed by atoms with Gasteiger partial charge in [-0.05, 0) is 19.4 Å². The highest BCUT2D eigenvalue weighted by molar-refractivity contribution is 5.93. The molecule has 0 aliphatic carbocycles. The summed E-state index contributed by atoms with van der Waals surface area (Å²) < 4.78 is 11.9. The molecule has 1 heterocycles. The fraction of sp³-hybridized carbons (Fsp3) is 0.333. The van der Waals surface area contributed by atoms with Crippen molar-refractivity contribution in [3.63, 3.8) is 0 Å². The minimum Gasteiger partial charge on any atom is -0.434 e. The lowest BCUT2D eigenvalue weighted by Crippen LogP contribution is -2.15. The zero-order chi connectivity index (χ0) is 15.2. The number of rotatable bonds is 6. The average molecular weight is 289 g/mol. The molecule has 2 aromatic rings. The van der Waals surface area contributed by atoms with Crippen LogP contribution in [-0.4, -0.2) is 22.5 Å². The quantitative estimate of drug-likeness (QED) is 0.500. The molecule has 2 rings (SSSR count). The summed E-state index contributed by atoms with van der Waals surface area (Å²) in [6, 6.07) is 9.66. The standard InChI is InChI=1S/C15H19N3O3/c1-3-18-14(13(16)11(2)17-18)15(19)21-10-20-9-12-7-5-4-6-8-12/h4-8H,3,9-10,16H2,1-2H3. The minimum absolute atomic E-state index is 0.124. The third kappa shape index (κ3) is 3.61. The van der Waals surface area contributed by atoms with Gasteiger partial charge >= 0.3 is 5.97 Å². The van der Waals surface area contributed by atoms with Gasteiger partial charge in [-0.1, -0.05) is 30.3 Å². The summed E-state index contributed by atoms with van der Waals surface area (Å²) in [5, 5.41) is 4.18. The molecule has 0 unspecified atom stereocenters. The molecule has 1 aromatic carbocycles. The molecule has 112 valence electrons. The molecule has 0 fully saturated rings. The van der Waals surface area contributed by atoms with Gasteiger partial charge in [-0.2, -0.15) is 5.10 Å². The molecule has 0 saturated carbocycles. The van der Waals surface area contributed by atoms with E-state index in [4.69, 9.17) is 15.2 Å². The molecule has 0 radical (unpaired) electrons. The van der Waals surface area contributed by atoms with Crippen LogP contribution in [-0.2, 0) is 22.6 Å². The third-order valence-corrected chi connectivity index (χ3v) is 3.05. The van der Waals surface area contributed by atoms with Crippen LogP contribution in [0.2, 0.25) is 0 Å². The second kappa shape index (κ2) is 6.90. The number of benzene rings is 1. The van der Waals surface area contributed by atoms with Crippen LogP contribution in [0.4, 0.5) is 5.69 Å². The van der Waals surface area contributed by atoms with Gasteiger partial charge in [-0.25, -0.2) is 4.79 Å². The van der Waals surface area contributed by atoms with E-state index in [1.807, 2.05) is 37.3 Å². The maximum absolute atomic E-state index is 12.0. The van der Waals surface area contributed by atoms with Gasteiger partial charge in [0.25, 0.3) is 0 Å². The molecule has 0 bridgehead atoms. The highest BCUT2D eigenvalue weighted by atomic mass is 16.7. The molecule has 6 heteroatoms. The summed E-state index contributed by atoms with van der Waals surface area (Å²) in [5.74, 6) is -0.525. The second-order valence-corrected chi connectivity index (χ2v) is 4.55. The van der Waals surface area contributed by atoms with E-state index in [-0.39, 0.29) is 12.5 Å². The molecular weight excluding hydrogens is 270 g/mol. The Kier molecular flexibility index (Phi) is 4.94. The van der Waals surface area contributed by atoms with Gasteiger partial charge in [0.2, 0.25) is 0 Å². The lowest BCUT2D eigenvalue weighted by atomic mass is 10.2. The lowest BCUT2D eigenvalue weighted by Gasteiger charge is -2.08. The van der Waals surface area contributed by atoms with Crippen molar-refractivity contribution in [2.24, 2.45) is 0 Å². The summed E-state index contributed by atoms with van der Waals surface area (Å²) >= 11 is 0. The zero-order valence-corrected chi connectivity index (χ0v) is 12.2. The molecule has 0 atom stereocenters. The van der Waals surface area contributed by atoms with E-state index in [2.05, 4.69) is 5.10 Å². The summed E-state index contributed by atoms with van der Waals surface area (Å²) in [6.07, 6.45) is 0. The van der Waals surface area contributed by atoms with Crippen LogP contribution in [0.15, 0.2) is 30.3 Å². The molecule has 0 saturated heterocycles. The molecule has 0 aliphatic rings. The average Bonchev–Trinajstić information content (AvgIpc) is 2.79. The van der Waals surface area contributed by atoms with Crippen LogP contribution >= 0.6 is 0 Å². The fourth-order valence-corrected chi connectivity index (χ4v) is 1.94. The summed E-state index contributed by atoms with van der Waals surface area (Å²) in [6.45, 7) is 4.45. The monoisotopic (exact) mass is 289 g/mol. The molecular formula is C15H19N3O3. The van der Waals surface area contributed by atoms with Gasteiger partial charge in [-0.15, -0.1) is 0 Å². The van der Waals surface area contributed by atoms with Crippen molar-refractivity contribution in [3.05, 3.63) is 47.3 Å². The summed E-state index contributed by atoms with van der Waals surface area (Å²) in [7, 11) is 0. The van der Waals surface area contributed by atoms with E-state index in [0.29, 0.717) is 24.5 Å². The Morgan fingerprint density at radius 3 is 2.71 bits per heavy atom. The Labute approximate surface area is 123 Å². The van der Waals surface area contributed by atoms with Crippen molar-refractivity contribution >= 4 is 11.7 Å². The molecule has 2 N–H and O–H groups in total. The van der Waals surface area contributed by atoms with Crippen molar-refractivity contribution in [2.45, 2.75) is 27.0 Å². The topological polar surface area (TPSA) is 79.4 Å². The number of carbonyl (C=O) groups excluding carboxylic acids is 1. The van der Waals surface area contributed by atoms with Crippen molar-refractivity contribution < 1.29 is 14.3 Å². The van der Waals surface area contributed by atoms with Gasteiger partial charge in [0.1, 0.15) is 0 Å². The van der Waals surface area contributed by atoms with Crippen LogP contribution in [0.25, 0.3) is 0 Å². The number of hydrogen-bond acceptors (Lipinski definition) is 5. The maximum Gasteiger partial charge on any atom is 0.360 e. The Balaban J connectivity index is 1.88. The zero-order valence-electron chi connectivity index (χ0n) is 12.2. The largest absolute Gasteiger partial charge is 0.434 e. The Morgan fingerprint density at radius 2 is 2.05 bits per heavy atom. The molecule has 0 amide bonds. The van der Waals surface area contributed by atoms with Crippen LogP contribution in [0.5, 0.6) is 0 Å². The molecule has 1 aromatic heterocycles. The molecule has 0 aliphatic heterocycles.